The Morgan fingerprint density at radius 3 is 2.94 bits per heavy atom. The molecule has 0 radical (unpaired) electrons. The summed E-state index contributed by atoms with van der Waals surface area (Å²) >= 11 is 11.9. The van der Waals surface area contributed by atoms with Crippen molar-refractivity contribution >= 4 is 23.2 Å². The van der Waals surface area contributed by atoms with E-state index in [0.29, 0.717) is 22.5 Å². The highest BCUT2D eigenvalue weighted by Crippen LogP contribution is 2.32. The number of methoxy groups -OCH3 is 1. The summed E-state index contributed by atoms with van der Waals surface area (Å²) in [5.41, 5.74) is 0.783. The molecule has 0 amide bonds. The van der Waals surface area contributed by atoms with Gasteiger partial charge in [0.05, 0.1) is 11.6 Å². The lowest BCUT2D eigenvalue weighted by Gasteiger charge is -2.17. The number of rotatable bonds is 4. The number of likely N-dealkylation sites (tertiary alicyclic amines) is 1. The number of nitrogens with zero attached hydrogens (tertiary/aromatic N) is 1. The summed E-state index contributed by atoms with van der Waals surface area (Å²) in [4.78, 5) is 2.28. The molecule has 0 aliphatic carbocycles. The molecule has 1 heterocycles. The van der Waals surface area contributed by atoms with E-state index >= 15 is 0 Å². The van der Waals surface area contributed by atoms with Gasteiger partial charge in [0.15, 0.2) is 0 Å². The van der Waals surface area contributed by atoms with Crippen molar-refractivity contribution in [2.45, 2.75) is 13.0 Å². The van der Waals surface area contributed by atoms with E-state index in [1.807, 2.05) is 0 Å². The molecule has 0 bridgehead atoms. The van der Waals surface area contributed by atoms with Crippen molar-refractivity contribution in [2.75, 3.05) is 26.8 Å². The number of halogens is 2. The number of benzene rings is 1. The highest BCUT2D eigenvalue weighted by Gasteiger charge is 2.23. The molecule has 0 spiro atoms. The fraction of sp³-hybridized carbons (Fsp3) is 0.538. The van der Waals surface area contributed by atoms with Crippen LogP contribution >= 0.6 is 23.2 Å². The van der Waals surface area contributed by atoms with E-state index in [1.54, 1.807) is 19.2 Å². The maximum Gasteiger partial charge on any atom is 0.138 e. The van der Waals surface area contributed by atoms with E-state index in [2.05, 4.69) is 4.90 Å². The molecule has 100 valence electrons. The number of hydrogen-bond donors (Lipinski definition) is 1. The summed E-state index contributed by atoms with van der Waals surface area (Å²) in [5, 5.41) is 10.8. The summed E-state index contributed by atoms with van der Waals surface area (Å²) in [6.45, 7) is 3.46. The topological polar surface area (TPSA) is 32.7 Å². The van der Waals surface area contributed by atoms with Crippen LogP contribution < -0.4 is 0 Å². The first-order valence-corrected chi connectivity index (χ1v) is 6.74. The summed E-state index contributed by atoms with van der Waals surface area (Å²) in [5.74, 6) is 0.711. The van der Waals surface area contributed by atoms with E-state index < -0.39 is 0 Å². The molecule has 5 heteroatoms. The Kier molecular flexibility index (Phi) is 4.73. The smallest absolute Gasteiger partial charge is 0.138 e. The predicted octanol–water partition coefficient (Wildman–Crippen LogP) is 3.17. The van der Waals surface area contributed by atoms with Crippen LogP contribution in [0.25, 0.3) is 0 Å². The molecule has 1 saturated heterocycles. The number of aromatic hydroxyl groups is 1. The molecule has 0 aromatic heterocycles. The van der Waals surface area contributed by atoms with Crippen LogP contribution in [-0.4, -0.2) is 36.8 Å². The van der Waals surface area contributed by atoms with Crippen LogP contribution in [0.1, 0.15) is 12.0 Å². The molecule has 1 atom stereocenters. The Balaban J connectivity index is 2.02. The average Bonchev–Trinajstić information content (AvgIpc) is 2.73. The molecule has 1 N–H and O–H groups in total. The van der Waals surface area contributed by atoms with Gasteiger partial charge in [-0.2, -0.15) is 0 Å². The van der Waals surface area contributed by atoms with Crippen molar-refractivity contribution < 1.29 is 9.84 Å². The van der Waals surface area contributed by atoms with Gasteiger partial charge in [-0.1, -0.05) is 23.2 Å². The average molecular weight is 290 g/mol. The van der Waals surface area contributed by atoms with Crippen LogP contribution in [0.4, 0.5) is 0 Å². The minimum Gasteiger partial charge on any atom is -0.506 e. The Labute approximate surface area is 117 Å². The van der Waals surface area contributed by atoms with Crippen molar-refractivity contribution in [3.05, 3.63) is 27.7 Å². The quantitative estimate of drug-likeness (QED) is 0.924. The van der Waals surface area contributed by atoms with E-state index in [4.69, 9.17) is 27.9 Å². The van der Waals surface area contributed by atoms with Gasteiger partial charge >= 0.3 is 0 Å². The highest BCUT2D eigenvalue weighted by atomic mass is 35.5. The molecule has 0 saturated carbocycles. The van der Waals surface area contributed by atoms with Crippen molar-refractivity contribution in [3.8, 4) is 5.75 Å². The first kappa shape index (κ1) is 13.9. The lowest BCUT2D eigenvalue weighted by Crippen LogP contribution is -2.21. The summed E-state index contributed by atoms with van der Waals surface area (Å²) < 4.78 is 5.17. The Bertz CT molecular complexity index is 426. The van der Waals surface area contributed by atoms with E-state index in [9.17, 15) is 5.11 Å². The SMILES string of the molecule is COCC1CCN(Cc2cc(Cl)cc(Cl)c2O)C1. The summed E-state index contributed by atoms with van der Waals surface area (Å²) in [7, 11) is 1.73. The summed E-state index contributed by atoms with van der Waals surface area (Å²) in [6, 6.07) is 3.33. The minimum atomic E-state index is 0.135. The molecule has 3 nitrogen and oxygen atoms in total. The molecular formula is C13H17Cl2NO2. The third-order valence-electron chi connectivity index (χ3n) is 3.27. The van der Waals surface area contributed by atoms with Gasteiger partial charge in [0, 0.05) is 30.8 Å². The normalized spacial score (nSPS) is 20.5. The molecule has 1 aliphatic heterocycles. The molecule has 1 aromatic carbocycles. The first-order valence-electron chi connectivity index (χ1n) is 5.98. The second-order valence-electron chi connectivity index (χ2n) is 4.74. The van der Waals surface area contributed by atoms with Crippen molar-refractivity contribution in [1.82, 2.24) is 4.90 Å². The lowest BCUT2D eigenvalue weighted by molar-refractivity contribution is 0.152. The fourth-order valence-electron chi connectivity index (χ4n) is 2.41. The zero-order valence-electron chi connectivity index (χ0n) is 10.3. The van der Waals surface area contributed by atoms with Crippen LogP contribution in [0.2, 0.25) is 10.0 Å². The third-order valence-corrected chi connectivity index (χ3v) is 3.78. The largest absolute Gasteiger partial charge is 0.506 e. The molecule has 2 rings (SSSR count). The van der Waals surface area contributed by atoms with E-state index in [1.165, 1.54) is 0 Å². The molecule has 18 heavy (non-hydrogen) atoms. The summed E-state index contributed by atoms with van der Waals surface area (Å²) in [6.07, 6.45) is 1.13. The van der Waals surface area contributed by atoms with Crippen LogP contribution in [0.3, 0.4) is 0 Å². The third kappa shape index (κ3) is 3.29. The molecule has 1 unspecified atom stereocenters. The van der Waals surface area contributed by atoms with Crippen LogP contribution in [-0.2, 0) is 11.3 Å². The van der Waals surface area contributed by atoms with E-state index in [0.717, 1.165) is 31.7 Å². The highest BCUT2D eigenvalue weighted by molar-refractivity contribution is 6.35. The van der Waals surface area contributed by atoms with Crippen molar-refractivity contribution in [1.29, 1.82) is 0 Å². The zero-order chi connectivity index (χ0) is 13.1. The van der Waals surface area contributed by atoms with Gasteiger partial charge in [0.2, 0.25) is 0 Å². The number of ether oxygens (including phenoxy) is 1. The van der Waals surface area contributed by atoms with Crippen LogP contribution in [0.15, 0.2) is 12.1 Å². The zero-order valence-corrected chi connectivity index (χ0v) is 11.8. The first-order chi connectivity index (χ1) is 8.60. The minimum absolute atomic E-state index is 0.135. The van der Waals surface area contributed by atoms with Gasteiger partial charge in [0.25, 0.3) is 0 Å². The maximum atomic E-state index is 9.91. The van der Waals surface area contributed by atoms with Gasteiger partial charge < -0.3 is 9.84 Å². The van der Waals surface area contributed by atoms with Gasteiger partial charge in [-0.25, -0.2) is 0 Å². The number of phenols is 1. The Morgan fingerprint density at radius 2 is 2.22 bits per heavy atom. The van der Waals surface area contributed by atoms with Gasteiger partial charge in [-0.15, -0.1) is 0 Å². The lowest BCUT2D eigenvalue weighted by atomic mass is 10.1. The molecular weight excluding hydrogens is 273 g/mol. The van der Waals surface area contributed by atoms with Crippen LogP contribution in [0.5, 0.6) is 5.75 Å². The van der Waals surface area contributed by atoms with Crippen molar-refractivity contribution in [3.63, 3.8) is 0 Å². The number of phenolic OH excluding ortho intramolecular Hbond substituents is 1. The van der Waals surface area contributed by atoms with Crippen molar-refractivity contribution in [2.24, 2.45) is 5.92 Å². The van der Waals surface area contributed by atoms with E-state index in [-0.39, 0.29) is 5.75 Å². The number of hydrogen-bond acceptors (Lipinski definition) is 3. The maximum absolute atomic E-state index is 9.91. The second kappa shape index (κ2) is 6.11. The fourth-order valence-corrected chi connectivity index (χ4v) is 2.94. The molecule has 1 aliphatic rings. The second-order valence-corrected chi connectivity index (χ2v) is 5.58. The standard InChI is InChI=1S/C13H17Cl2NO2/c1-18-8-9-2-3-16(6-9)7-10-4-11(14)5-12(15)13(10)17/h4-5,9,17H,2-3,6-8H2,1H3. The van der Waals surface area contributed by atoms with Gasteiger partial charge in [-0.05, 0) is 31.0 Å². The van der Waals surface area contributed by atoms with Gasteiger partial charge in [-0.3, -0.25) is 4.90 Å². The monoisotopic (exact) mass is 289 g/mol. The van der Waals surface area contributed by atoms with Gasteiger partial charge in [0.1, 0.15) is 5.75 Å². The Morgan fingerprint density at radius 1 is 1.44 bits per heavy atom. The predicted molar refractivity (Wildman–Crippen MR) is 73.4 cm³/mol. The molecule has 1 fully saturated rings. The van der Waals surface area contributed by atoms with Crippen LogP contribution in [0, 0.1) is 5.92 Å². The molecule has 1 aromatic rings. The Hall–Kier alpha value is -0.480.